The summed E-state index contributed by atoms with van der Waals surface area (Å²) in [6.07, 6.45) is 2.80. The molecule has 1 aromatic rings. The lowest BCUT2D eigenvalue weighted by atomic mass is 10.4. The van der Waals surface area contributed by atoms with Gasteiger partial charge in [0.1, 0.15) is 0 Å². The van der Waals surface area contributed by atoms with Gasteiger partial charge in [0.05, 0.1) is 0 Å². The molecule has 1 saturated carbocycles. The van der Waals surface area contributed by atoms with Crippen molar-refractivity contribution in [2.75, 3.05) is 20.1 Å². The zero-order valence-corrected chi connectivity index (χ0v) is 9.52. The first kappa shape index (κ1) is 10.1. The molecule has 0 bridgehead atoms. The Labute approximate surface area is 89.9 Å². The Morgan fingerprint density at radius 3 is 3.00 bits per heavy atom. The molecule has 1 aliphatic rings. The van der Waals surface area contributed by atoms with E-state index in [1.807, 2.05) is 18.4 Å². The maximum absolute atomic E-state index is 3.22. The lowest BCUT2D eigenvalue weighted by Gasteiger charge is -2.20. The van der Waals surface area contributed by atoms with Gasteiger partial charge in [0.2, 0.25) is 0 Å². The molecule has 0 atom stereocenters. The first-order chi connectivity index (χ1) is 6.90. The van der Waals surface area contributed by atoms with E-state index >= 15 is 0 Å². The summed E-state index contributed by atoms with van der Waals surface area (Å²) in [4.78, 5) is 4.09. The minimum Gasteiger partial charge on any atom is -0.318 e. The normalized spacial score (nSPS) is 16.4. The number of hydrogen-bond donors (Lipinski definition) is 1. The van der Waals surface area contributed by atoms with E-state index in [0.717, 1.165) is 19.1 Å². The molecule has 1 heterocycles. The third-order valence-corrected chi connectivity index (χ3v) is 3.51. The van der Waals surface area contributed by atoms with Crippen LogP contribution in [0.4, 0.5) is 0 Å². The molecule has 0 radical (unpaired) electrons. The van der Waals surface area contributed by atoms with E-state index in [1.54, 1.807) is 0 Å². The monoisotopic (exact) mass is 210 g/mol. The van der Waals surface area contributed by atoms with Gasteiger partial charge in [-0.25, -0.2) is 0 Å². The fourth-order valence-corrected chi connectivity index (χ4v) is 2.42. The number of likely N-dealkylation sites (N-methyl/N-ethyl adjacent to an activating group) is 1. The van der Waals surface area contributed by atoms with Gasteiger partial charge < -0.3 is 5.32 Å². The molecular formula is C11H18N2S. The zero-order chi connectivity index (χ0) is 9.80. The topological polar surface area (TPSA) is 15.3 Å². The molecule has 14 heavy (non-hydrogen) atoms. The number of thiophene rings is 1. The van der Waals surface area contributed by atoms with Crippen molar-refractivity contribution in [3.63, 3.8) is 0 Å². The highest BCUT2D eigenvalue weighted by Gasteiger charge is 2.28. The van der Waals surface area contributed by atoms with Crippen LogP contribution in [-0.4, -0.2) is 31.1 Å². The molecule has 78 valence electrons. The second-order valence-electron chi connectivity index (χ2n) is 3.88. The third kappa shape index (κ3) is 2.80. The fourth-order valence-electron chi connectivity index (χ4n) is 1.69. The molecule has 0 saturated heterocycles. The van der Waals surface area contributed by atoms with Crippen molar-refractivity contribution in [3.8, 4) is 0 Å². The van der Waals surface area contributed by atoms with E-state index in [4.69, 9.17) is 0 Å². The summed E-state index contributed by atoms with van der Waals surface area (Å²) in [6, 6.07) is 5.24. The Balaban J connectivity index is 1.84. The van der Waals surface area contributed by atoms with E-state index in [1.165, 1.54) is 24.3 Å². The first-order valence-corrected chi connectivity index (χ1v) is 6.19. The molecule has 0 unspecified atom stereocenters. The third-order valence-electron chi connectivity index (χ3n) is 2.65. The molecule has 1 N–H and O–H groups in total. The van der Waals surface area contributed by atoms with Crippen LogP contribution in [0.5, 0.6) is 0 Å². The Bertz CT molecular complexity index is 254. The van der Waals surface area contributed by atoms with Crippen LogP contribution in [0.2, 0.25) is 0 Å². The van der Waals surface area contributed by atoms with Crippen LogP contribution in [0.1, 0.15) is 17.7 Å². The largest absolute Gasteiger partial charge is 0.318 e. The van der Waals surface area contributed by atoms with Crippen LogP contribution in [-0.2, 0) is 6.54 Å². The highest BCUT2D eigenvalue weighted by atomic mass is 32.1. The lowest BCUT2D eigenvalue weighted by Crippen LogP contribution is -2.31. The smallest absolute Gasteiger partial charge is 0.0331 e. The molecule has 1 aliphatic carbocycles. The van der Waals surface area contributed by atoms with Gasteiger partial charge in [-0.05, 0) is 31.3 Å². The maximum Gasteiger partial charge on any atom is 0.0331 e. The Morgan fingerprint density at radius 1 is 1.57 bits per heavy atom. The lowest BCUT2D eigenvalue weighted by molar-refractivity contribution is 0.259. The second-order valence-corrected chi connectivity index (χ2v) is 4.92. The van der Waals surface area contributed by atoms with Crippen LogP contribution in [0.15, 0.2) is 17.5 Å². The molecule has 0 amide bonds. The van der Waals surface area contributed by atoms with Crippen LogP contribution in [0.3, 0.4) is 0 Å². The van der Waals surface area contributed by atoms with Gasteiger partial charge in [0, 0.05) is 30.6 Å². The Hall–Kier alpha value is -0.380. The summed E-state index contributed by atoms with van der Waals surface area (Å²) in [5.41, 5.74) is 0. The predicted molar refractivity (Wildman–Crippen MR) is 61.7 cm³/mol. The molecule has 1 fully saturated rings. The number of nitrogens with one attached hydrogen (secondary N) is 1. The summed E-state index contributed by atoms with van der Waals surface area (Å²) < 4.78 is 0. The van der Waals surface area contributed by atoms with Crippen molar-refractivity contribution in [2.45, 2.75) is 25.4 Å². The minimum atomic E-state index is 0.866. The van der Waals surface area contributed by atoms with Crippen LogP contribution in [0.25, 0.3) is 0 Å². The minimum absolute atomic E-state index is 0.866. The summed E-state index contributed by atoms with van der Waals surface area (Å²) >= 11 is 1.87. The molecule has 3 heteroatoms. The summed E-state index contributed by atoms with van der Waals surface area (Å²) in [6.45, 7) is 3.42. The van der Waals surface area contributed by atoms with Crippen molar-refractivity contribution in [1.29, 1.82) is 0 Å². The number of hydrogen-bond acceptors (Lipinski definition) is 3. The van der Waals surface area contributed by atoms with Gasteiger partial charge >= 0.3 is 0 Å². The Morgan fingerprint density at radius 2 is 2.43 bits per heavy atom. The zero-order valence-electron chi connectivity index (χ0n) is 8.70. The molecule has 1 aromatic heterocycles. The van der Waals surface area contributed by atoms with Gasteiger partial charge in [0.15, 0.2) is 0 Å². The molecule has 0 aliphatic heterocycles. The highest BCUT2D eigenvalue weighted by molar-refractivity contribution is 7.09. The molecular weight excluding hydrogens is 192 g/mol. The quantitative estimate of drug-likeness (QED) is 0.772. The van der Waals surface area contributed by atoms with Gasteiger partial charge in [-0.15, -0.1) is 11.3 Å². The van der Waals surface area contributed by atoms with Crippen molar-refractivity contribution in [3.05, 3.63) is 22.4 Å². The van der Waals surface area contributed by atoms with E-state index in [9.17, 15) is 0 Å². The second kappa shape index (κ2) is 4.91. The van der Waals surface area contributed by atoms with Gasteiger partial charge in [-0.1, -0.05) is 6.07 Å². The summed E-state index contributed by atoms with van der Waals surface area (Å²) in [5, 5.41) is 5.39. The molecule has 0 aromatic carbocycles. The van der Waals surface area contributed by atoms with Gasteiger partial charge in [-0.2, -0.15) is 0 Å². The van der Waals surface area contributed by atoms with E-state index in [0.29, 0.717) is 0 Å². The summed E-state index contributed by atoms with van der Waals surface area (Å²) in [5.74, 6) is 0. The molecule has 2 nitrogen and oxygen atoms in total. The van der Waals surface area contributed by atoms with Crippen molar-refractivity contribution >= 4 is 11.3 Å². The van der Waals surface area contributed by atoms with Gasteiger partial charge in [0.25, 0.3) is 0 Å². The maximum atomic E-state index is 3.22. The van der Waals surface area contributed by atoms with Gasteiger partial charge in [-0.3, -0.25) is 4.90 Å². The average molecular weight is 210 g/mol. The fraction of sp³-hybridized carbons (Fsp3) is 0.636. The van der Waals surface area contributed by atoms with E-state index in [-0.39, 0.29) is 0 Å². The van der Waals surface area contributed by atoms with Crippen molar-refractivity contribution in [1.82, 2.24) is 10.2 Å². The van der Waals surface area contributed by atoms with E-state index < -0.39 is 0 Å². The summed E-state index contributed by atoms with van der Waals surface area (Å²) in [7, 11) is 2.02. The van der Waals surface area contributed by atoms with E-state index in [2.05, 4.69) is 27.7 Å². The average Bonchev–Trinajstić information content (AvgIpc) is 2.92. The number of nitrogens with zero attached hydrogens (tertiary/aromatic N) is 1. The van der Waals surface area contributed by atoms with Crippen LogP contribution in [0, 0.1) is 0 Å². The number of rotatable bonds is 6. The standard InChI is InChI=1S/C11H18N2S/c1-12-6-7-13(10-4-5-10)9-11-3-2-8-14-11/h2-3,8,10,12H,4-7,9H2,1H3. The predicted octanol–water partition coefficient (Wildman–Crippen LogP) is 1.93. The molecule has 2 rings (SSSR count). The van der Waals surface area contributed by atoms with Crippen molar-refractivity contribution in [2.24, 2.45) is 0 Å². The van der Waals surface area contributed by atoms with Crippen LogP contribution >= 0.6 is 11.3 Å². The van der Waals surface area contributed by atoms with Crippen molar-refractivity contribution < 1.29 is 0 Å². The SMILES string of the molecule is CNCCN(Cc1cccs1)C1CC1. The first-order valence-electron chi connectivity index (χ1n) is 5.31. The molecule has 0 spiro atoms. The highest BCUT2D eigenvalue weighted by Crippen LogP contribution is 2.28. The van der Waals surface area contributed by atoms with Crippen LogP contribution < -0.4 is 5.32 Å². The Kier molecular flexibility index (Phi) is 3.56.